The van der Waals surface area contributed by atoms with E-state index in [1.807, 2.05) is 4.90 Å². The second-order valence-corrected chi connectivity index (χ2v) is 10.0. The molecular weight excluding hydrogens is 437 g/mol. The molecule has 0 spiro atoms. The number of hydrogen-bond donors (Lipinski definition) is 2. The number of rotatable bonds is 5. The molecule has 2 N–H and O–H groups in total. The average Bonchev–Trinajstić information content (AvgIpc) is 3.33. The van der Waals surface area contributed by atoms with Gasteiger partial charge < -0.3 is 19.8 Å². The van der Waals surface area contributed by atoms with Crippen molar-refractivity contribution < 1.29 is 19.3 Å². The Morgan fingerprint density at radius 3 is 2.84 bits per heavy atom. The van der Waals surface area contributed by atoms with E-state index < -0.39 is 11.4 Å². The molecule has 8 nitrogen and oxygen atoms in total. The van der Waals surface area contributed by atoms with Gasteiger partial charge in [0.2, 0.25) is 0 Å². The van der Waals surface area contributed by atoms with Crippen molar-refractivity contribution >= 4 is 28.3 Å². The highest BCUT2D eigenvalue weighted by molar-refractivity contribution is 6.30. The monoisotopic (exact) mass is 465 g/mol. The van der Waals surface area contributed by atoms with E-state index in [9.17, 15) is 14.6 Å². The lowest BCUT2D eigenvalue weighted by Gasteiger charge is -2.38. The number of halogens is 2. The molecule has 0 radical (unpaired) electrons. The van der Waals surface area contributed by atoms with Gasteiger partial charge >= 0.3 is 6.01 Å². The minimum absolute atomic E-state index is 0.0654. The predicted molar refractivity (Wildman–Crippen MR) is 119 cm³/mol. The van der Waals surface area contributed by atoms with E-state index in [1.165, 1.54) is 6.20 Å². The lowest BCUT2D eigenvalue weighted by atomic mass is 9.95. The molecule has 5 rings (SSSR count). The SMILES string of the molecule is C[C@@]1(O)CCCN(c2nc(OC[C@]34CCCN3[C@@H](CO)CC4)nc3c(F)c(Cl)ncc23)C1. The van der Waals surface area contributed by atoms with Crippen molar-refractivity contribution in [1.29, 1.82) is 0 Å². The first-order valence-corrected chi connectivity index (χ1v) is 11.7. The molecule has 0 bridgehead atoms. The smallest absolute Gasteiger partial charge is 0.319 e. The highest BCUT2D eigenvalue weighted by Crippen LogP contribution is 2.42. The summed E-state index contributed by atoms with van der Waals surface area (Å²) in [4.78, 5) is 17.2. The van der Waals surface area contributed by atoms with Gasteiger partial charge in [0.05, 0.1) is 23.1 Å². The fourth-order valence-electron chi connectivity index (χ4n) is 5.71. The molecule has 2 aromatic heterocycles. The standard InChI is InChI=1S/C22H29ClFN5O3/c1-21(31)5-2-8-28(12-21)19-15-10-25-18(23)16(24)17(15)26-20(27-19)32-13-22-6-3-9-29(22)14(11-30)4-7-22/h10,14,30-31H,2-9,11-13H2,1H3/t14-,21-,22-/m1/s1. The van der Waals surface area contributed by atoms with Crippen molar-refractivity contribution in [3.8, 4) is 6.01 Å². The molecule has 32 heavy (non-hydrogen) atoms. The van der Waals surface area contributed by atoms with Gasteiger partial charge in [0.15, 0.2) is 11.0 Å². The van der Waals surface area contributed by atoms with Crippen molar-refractivity contribution in [1.82, 2.24) is 19.9 Å². The van der Waals surface area contributed by atoms with Crippen LogP contribution in [0.3, 0.4) is 0 Å². The predicted octanol–water partition coefficient (Wildman–Crippen LogP) is 2.54. The number of hydrogen-bond acceptors (Lipinski definition) is 8. The molecular formula is C22H29ClFN5O3. The minimum atomic E-state index is -0.860. The first kappa shape index (κ1) is 22.0. The van der Waals surface area contributed by atoms with Crippen molar-refractivity contribution in [2.75, 3.05) is 37.7 Å². The first-order valence-electron chi connectivity index (χ1n) is 11.3. The van der Waals surface area contributed by atoms with Crippen molar-refractivity contribution in [2.45, 2.75) is 62.6 Å². The summed E-state index contributed by atoms with van der Waals surface area (Å²) in [6, 6.07) is 0.250. The Balaban J connectivity index is 1.49. The Kier molecular flexibility index (Phi) is 5.64. The van der Waals surface area contributed by atoms with Crippen LogP contribution in [0.25, 0.3) is 10.9 Å². The van der Waals surface area contributed by atoms with Crippen molar-refractivity contribution in [2.24, 2.45) is 0 Å². The van der Waals surface area contributed by atoms with Crippen LogP contribution in [-0.2, 0) is 0 Å². The van der Waals surface area contributed by atoms with E-state index >= 15 is 0 Å². The van der Waals surface area contributed by atoms with E-state index in [0.29, 0.717) is 37.3 Å². The third-order valence-corrected chi connectivity index (χ3v) is 7.55. The van der Waals surface area contributed by atoms with E-state index in [0.717, 1.165) is 38.6 Å². The van der Waals surface area contributed by atoms with E-state index in [-0.39, 0.29) is 34.9 Å². The Bertz CT molecular complexity index is 1020. The summed E-state index contributed by atoms with van der Waals surface area (Å²) < 4.78 is 21.0. The molecule has 5 heterocycles. The summed E-state index contributed by atoms with van der Waals surface area (Å²) in [5, 5.41) is 20.5. The second-order valence-electron chi connectivity index (χ2n) is 9.66. The van der Waals surface area contributed by atoms with Gasteiger partial charge in [-0.1, -0.05) is 11.6 Å². The van der Waals surface area contributed by atoms with Gasteiger partial charge in [0, 0.05) is 25.3 Å². The van der Waals surface area contributed by atoms with Gasteiger partial charge in [-0.05, 0) is 52.0 Å². The molecule has 3 aliphatic rings. The fraction of sp³-hybridized carbons (Fsp3) is 0.682. The van der Waals surface area contributed by atoms with Crippen LogP contribution in [-0.4, -0.2) is 80.1 Å². The quantitative estimate of drug-likeness (QED) is 0.650. The van der Waals surface area contributed by atoms with Crippen molar-refractivity contribution in [3.63, 3.8) is 0 Å². The number of ether oxygens (including phenoxy) is 1. The Morgan fingerprint density at radius 1 is 1.25 bits per heavy atom. The van der Waals surface area contributed by atoms with E-state index in [2.05, 4.69) is 19.9 Å². The summed E-state index contributed by atoms with van der Waals surface area (Å²) in [5.74, 6) is -0.211. The molecule has 0 saturated carbocycles. The summed E-state index contributed by atoms with van der Waals surface area (Å²) in [6.07, 6.45) is 6.88. The molecule has 3 fully saturated rings. The maximum atomic E-state index is 14.9. The lowest BCUT2D eigenvalue weighted by Crippen LogP contribution is -2.47. The van der Waals surface area contributed by atoms with Gasteiger partial charge in [-0.15, -0.1) is 0 Å². The topological polar surface area (TPSA) is 94.8 Å². The van der Waals surface area contributed by atoms with Crippen LogP contribution in [0.4, 0.5) is 10.2 Å². The summed E-state index contributed by atoms with van der Waals surface area (Å²) >= 11 is 5.94. The van der Waals surface area contributed by atoms with Crippen LogP contribution >= 0.6 is 11.6 Å². The van der Waals surface area contributed by atoms with Crippen molar-refractivity contribution in [3.05, 3.63) is 17.2 Å². The Labute approximate surface area is 191 Å². The van der Waals surface area contributed by atoms with Crippen LogP contribution in [0.2, 0.25) is 5.15 Å². The summed E-state index contributed by atoms with van der Waals surface area (Å²) in [7, 11) is 0. The highest BCUT2D eigenvalue weighted by atomic mass is 35.5. The molecule has 2 aromatic rings. The number of nitrogens with zero attached hydrogens (tertiary/aromatic N) is 5. The van der Waals surface area contributed by atoms with E-state index in [1.54, 1.807) is 6.92 Å². The molecule has 0 amide bonds. The maximum Gasteiger partial charge on any atom is 0.319 e. The largest absolute Gasteiger partial charge is 0.461 e. The normalized spacial score (nSPS) is 30.8. The zero-order chi connectivity index (χ0) is 22.5. The van der Waals surface area contributed by atoms with Crippen LogP contribution in [0, 0.1) is 5.82 Å². The number of pyridine rings is 1. The molecule has 0 aliphatic carbocycles. The van der Waals surface area contributed by atoms with Gasteiger partial charge in [0.1, 0.15) is 17.9 Å². The van der Waals surface area contributed by atoms with Crippen LogP contribution < -0.4 is 9.64 Å². The molecule has 0 unspecified atom stereocenters. The van der Waals surface area contributed by atoms with Gasteiger partial charge in [0.25, 0.3) is 0 Å². The number of aromatic nitrogens is 3. The number of aliphatic hydroxyl groups excluding tert-OH is 1. The van der Waals surface area contributed by atoms with E-state index in [4.69, 9.17) is 16.3 Å². The molecule has 174 valence electrons. The van der Waals surface area contributed by atoms with Crippen LogP contribution in [0.5, 0.6) is 6.01 Å². The molecule has 3 saturated heterocycles. The molecule has 3 aliphatic heterocycles. The Hall–Kier alpha value is -1.81. The zero-order valence-electron chi connectivity index (χ0n) is 18.2. The molecule has 0 aromatic carbocycles. The second kappa shape index (κ2) is 8.20. The third-order valence-electron chi connectivity index (χ3n) is 7.29. The average molecular weight is 466 g/mol. The molecule has 10 heteroatoms. The fourth-order valence-corrected chi connectivity index (χ4v) is 5.85. The van der Waals surface area contributed by atoms with Gasteiger partial charge in [-0.25, -0.2) is 9.37 Å². The van der Waals surface area contributed by atoms with Gasteiger partial charge in [-0.3, -0.25) is 4.90 Å². The number of β-amino-alcohol motifs (C(OH)–C–C–N with tert-alkyl or cyclic N) is 1. The number of piperidine rings is 1. The summed E-state index contributed by atoms with van der Waals surface area (Å²) in [6.45, 7) is 4.31. The zero-order valence-corrected chi connectivity index (χ0v) is 19.0. The number of fused-ring (bicyclic) bond motifs is 2. The van der Waals surface area contributed by atoms with Gasteiger partial charge in [-0.2, -0.15) is 9.97 Å². The number of anilines is 1. The van der Waals surface area contributed by atoms with Crippen LogP contribution in [0.15, 0.2) is 6.20 Å². The minimum Gasteiger partial charge on any atom is -0.461 e. The molecule has 3 atom stereocenters. The Morgan fingerprint density at radius 2 is 2.06 bits per heavy atom. The first-order chi connectivity index (χ1) is 15.3. The number of aliphatic hydroxyl groups is 2. The highest BCUT2D eigenvalue weighted by Gasteiger charge is 2.49. The summed E-state index contributed by atoms with van der Waals surface area (Å²) in [5.41, 5.74) is -0.938. The lowest BCUT2D eigenvalue weighted by molar-refractivity contribution is 0.0446. The maximum absolute atomic E-state index is 14.9. The third kappa shape index (κ3) is 3.79. The van der Waals surface area contributed by atoms with Crippen LogP contribution in [0.1, 0.15) is 45.4 Å².